The lowest BCUT2D eigenvalue weighted by Gasteiger charge is -2.03. The average Bonchev–Trinajstić information content (AvgIpc) is 2.53. The summed E-state index contributed by atoms with van der Waals surface area (Å²) < 4.78 is 0. The van der Waals surface area contributed by atoms with E-state index in [1.54, 1.807) is 0 Å². The lowest BCUT2D eigenvalue weighted by Crippen LogP contribution is -1.86. The summed E-state index contributed by atoms with van der Waals surface area (Å²) in [5.41, 5.74) is 1.50. The molecule has 0 radical (unpaired) electrons. The van der Waals surface area contributed by atoms with Crippen LogP contribution in [0.5, 0.6) is 0 Å². The molecule has 0 saturated heterocycles. The van der Waals surface area contributed by atoms with Crippen LogP contribution in [0.4, 0.5) is 0 Å². The third-order valence-corrected chi connectivity index (χ3v) is 4.41. The van der Waals surface area contributed by atoms with Gasteiger partial charge in [0.2, 0.25) is 0 Å². The quantitative estimate of drug-likeness (QED) is 0.351. The summed E-state index contributed by atoms with van der Waals surface area (Å²) in [5.74, 6) is 0. The van der Waals surface area contributed by atoms with Crippen molar-refractivity contribution in [1.29, 1.82) is 0 Å². The summed E-state index contributed by atoms with van der Waals surface area (Å²) in [6.07, 6.45) is 20.0. The molecular weight excluding hydrogens is 268 g/mol. The van der Waals surface area contributed by atoms with E-state index in [0.29, 0.717) is 0 Å². The van der Waals surface area contributed by atoms with Crippen molar-refractivity contribution in [3.05, 3.63) is 35.9 Å². The van der Waals surface area contributed by atoms with Gasteiger partial charge in [-0.25, -0.2) is 0 Å². The molecule has 0 aliphatic carbocycles. The van der Waals surface area contributed by atoms with Gasteiger partial charge in [0.05, 0.1) is 0 Å². The monoisotopic (exact) mass is 306 g/mol. The molecule has 0 aliphatic heterocycles. The third kappa shape index (κ3) is 12.9. The van der Waals surface area contributed by atoms with Gasteiger partial charge < -0.3 is 5.48 Å². The molecule has 128 valence electrons. The third-order valence-electron chi connectivity index (χ3n) is 4.41. The van der Waals surface area contributed by atoms with Gasteiger partial charge in [-0.1, -0.05) is 114 Å². The summed E-state index contributed by atoms with van der Waals surface area (Å²) in [7, 11) is 0. The molecule has 1 heteroatoms. The van der Waals surface area contributed by atoms with Gasteiger partial charge in [-0.05, 0) is 18.4 Å². The number of hydrogen-bond donors (Lipinski definition) is 0. The lowest BCUT2D eigenvalue weighted by atomic mass is 10.0. The van der Waals surface area contributed by atoms with E-state index in [2.05, 4.69) is 37.3 Å². The first-order valence-electron chi connectivity index (χ1n) is 9.47. The van der Waals surface area contributed by atoms with Crippen LogP contribution in [-0.4, -0.2) is 5.48 Å². The second kappa shape index (κ2) is 16.5. The Hall–Kier alpha value is -0.820. The molecule has 0 bridgehead atoms. The van der Waals surface area contributed by atoms with Crippen molar-refractivity contribution in [2.24, 2.45) is 0 Å². The van der Waals surface area contributed by atoms with Gasteiger partial charge in [0, 0.05) is 0 Å². The van der Waals surface area contributed by atoms with Crippen LogP contribution < -0.4 is 0 Å². The second-order valence-corrected chi connectivity index (χ2v) is 6.48. The van der Waals surface area contributed by atoms with E-state index in [1.807, 2.05) is 0 Å². The molecule has 0 aliphatic rings. The van der Waals surface area contributed by atoms with Crippen molar-refractivity contribution >= 4 is 0 Å². The molecular formula is C21H38O. The van der Waals surface area contributed by atoms with Crippen LogP contribution in [0.1, 0.15) is 96.0 Å². The molecule has 0 saturated carbocycles. The van der Waals surface area contributed by atoms with Gasteiger partial charge in [-0.2, -0.15) is 0 Å². The zero-order valence-electron chi connectivity index (χ0n) is 14.8. The number of unbranched alkanes of at least 4 members (excludes halogenated alkanes) is 12. The minimum absolute atomic E-state index is 0. The van der Waals surface area contributed by atoms with Crippen molar-refractivity contribution in [2.45, 2.75) is 96.8 Å². The number of aryl methyl sites for hydroxylation is 1. The molecule has 22 heavy (non-hydrogen) atoms. The van der Waals surface area contributed by atoms with Crippen molar-refractivity contribution in [2.75, 3.05) is 0 Å². The normalized spacial score (nSPS) is 10.4. The number of benzene rings is 1. The zero-order valence-corrected chi connectivity index (χ0v) is 14.8. The molecule has 0 heterocycles. The lowest BCUT2D eigenvalue weighted by molar-refractivity contribution is 0.539. The Kier molecular flexibility index (Phi) is 15.9. The molecule has 1 aromatic carbocycles. The fourth-order valence-electron chi connectivity index (χ4n) is 2.99. The molecule has 1 rings (SSSR count). The Balaban J connectivity index is 0.00000441. The highest BCUT2D eigenvalue weighted by Crippen LogP contribution is 2.13. The maximum absolute atomic E-state index is 2.29. The first kappa shape index (κ1) is 21.2. The highest BCUT2D eigenvalue weighted by molar-refractivity contribution is 5.14. The van der Waals surface area contributed by atoms with E-state index in [0.717, 1.165) is 0 Å². The van der Waals surface area contributed by atoms with E-state index >= 15 is 0 Å². The van der Waals surface area contributed by atoms with Crippen LogP contribution in [0.2, 0.25) is 0 Å². The van der Waals surface area contributed by atoms with Crippen LogP contribution in [0.25, 0.3) is 0 Å². The van der Waals surface area contributed by atoms with E-state index < -0.39 is 0 Å². The number of rotatable bonds is 14. The molecule has 1 aromatic rings. The topological polar surface area (TPSA) is 31.5 Å². The largest absolute Gasteiger partial charge is 0.412 e. The zero-order chi connectivity index (χ0) is 15.0. The molecule has 0 aromatic heterocycles. The Morgan fingerprint density at radius 2 is 0.955 bits per heavy atom. The summed E-state index contributed by atoms with van der Waals surface area (Å²) in [6, 6.07) is 10.9. The molecule has 0 atom stereocenters. The number of hydrogen-bond acceptors (Lipinski definition) is 0. The Morgan fingerprint density at radius 1 is 0.545 bits per heavy atom. The SMILES string of the molecule is CCCCCCCCCCCCCCCc1ccccc1.O. The molecule has 0 fully saturated rings. The summed E-state index contributed by atoms with van der Waals surface area (Å²) in [6.45, 7) is 2.29. The fraction of sp³-hybridized carbons (Fsp3) is 0.714. The molecule has 0 spiro atoms. The predicted octanol–water partition coefficient (Wildman–Crippen LogP) is 6.50. The molecule has 0 unspecified atom stereocenters. The van der Waals surface area contributed by atoms with Crippen LogP contribution in [0.3, 0.4) is 0 Å². The van der Waals surface area contributed by atoms with Gasteiger partial charge in [0.25, 0.3) is 0 Å². The highest BCUT2D eigenvalue weighted by Gasteiger charge is 1.95. The van der Waals surface area contributed by atoms with Gasteiger partial charge in [0.15, 0.2) is 0 Å². The molecule has 1 nitrogen and oxygen atoms in total. The Labute approximate surface area is 138 Å². The van der Waals surface area contributed by atoms with Gasteiger partial charge in [-0.3, -0.25) is 0 Å². The predicted molar refractivity (Wildman–Crippen MR) is 99.5 cm³/mol. The first-order chi connectivity index (χ1) is 10.4. The first-order valence-corrected chi connectivity index (χ1v) is 9.47. The fourth-order valence-corrected chi connectivity index (χ4v) is 2.99. The van der Waals surface area contributed by atoms with Crippen molar-refractivity contribution in [3.8, 4) is 0 Å². The highest BCUT2D eigenvalue weighted by atomic mass is 16.0. The van der Waals surface area contributed by atoms with Crippen molar-refractivity contribution in [3.63, 3.8) is 0 Å². The summed E-state index contributed by atoms with van der Waals surface area (Å²) >= 11 is 0. The van der Waals surface area contributed by atoms with E-state index in [1.165, 1.54) is 95.5 Å². The minimum Gasteiger partial charge on any atom is -0.412 e. The van der Waals surface area contributed by atoms with Gasteiger partial charge in [0.1, 0.15) is 0 Å². The van der Waals surface area contributed by atoms with Gasteiger partial charge >= 0.3 is 0 Å². The minimum atomic E-state index is 0. The van der Waals surface area contributed by atoms with Crippen molar-refractivity contribution in [1.82, 2.24) is 0 Å². The van der Waals surface area contributed by atoms with E-state index in [-0.39, 0.29) is 5.48 Å². The molecule has 0 amide bonds. The summed E-state index contributed by atoms with van der Waals surface area (Å²) in [4.78, 5) is 0. The smallest absolute Gasteiger partial charge is 0.0279 e. The van der Waals surface area contributed by atoms with Crippen LogP contribution in [0.15, 0.2) is 30.3 Å². The van der Waals surface area contributed by atoms with Crippen LogP contribution >= 0.6 is 0 Å². The molecule has 2 N–H and O–H groups in total. The van der Waals surface area contributed by atoms with Crippen LogP contribution in [0, 0.1) is 0 Å². The summed E-state index contributed by atoms with van der Waals surface area (Å²) in [5, 5.41) is 0. The van der Waals surface area contributed by atoms with E-state index in [9.17, 15) is 0 Å². The Bertz CT molecular complexity index is 307. The van der Waals surface area contributed by atoms with Crippen LogP contribution in [-0.2, 0) is 6.42 Å². The van der Waals surface area contributed by atoms with Crippen molar-refractivity contribution < 1.29 is 5.48 Å². The standard InChI is InChI=1S/C21H36.H2O/c1-2-3-4-5-6-7-8-9-10-11-12-13-15-18-21-19-16-14-17-20-21;/h14,16-17,19-20H,2-13,15,18H2,1H3;1H2. The average molecular weight is 307 g/mol. The Morgan fingerprint density at radius 3 is 1.41 bits per heavy atom. The van der Waals surface area contributed by atoms with Gasteiger partial charge in [-0.15, -0.1) is 0 Å². The maximum Gasteiger partial charge on any atom is -0.0279 e. The maximum atomic E-state index is 2.29. The second-order valence-electron chi connectivity index (χ2n) is 6.48. The van der Waals surface area contributed by atoms with E-state index in [4.69, 9.17) is 0 Å².